The number of carbonyl (C=O) groups excluding carboxylic acids is 3. The van der Waals surface area contributed by atoms with Crippen LogP contribution in [-0.2, 0) is 14.3 Å². The van der Waals surface area contributed by atoms with Crippen LogP contribution in [0.25, 0.3) is 0 Å². The quantitative estimate of drug-likeness (QED) is 0.471. The van der Waals surface area contributed by atoms with E-state index in [0.29, 0.717) is 25.0 Å². The average molecular weight is 483 g/mol. The number of nitrogens with zero attached hydrogens (tertiary/aromatic N) is 1. The van der Waals surface area contributed by atoms with Gasteiger partial charge in [-0.05, 0) is 31.9 Å². The number of aromatic nitrogens is 1. The lowest BCUT2D eigenvalue weighted by molar-refractivity contribution is -0.155. The molecule has 3 rings (SSSR count). The molecule has 186 valence electrons. The highest BCUT2D eigenvalue weighted by Gasteiger charge is 2.35. The van der Waals surface area contributed by atoms with Crippen molar-refractivity contribution in [3.8, 4) is 17.2 Å². The van der Waals surface area contributed by atoms with Crippen LogP contribution in [0.1, 0.15) is 43.6 Å². The number of cyclic esters (lactones) is 1. The zero-order valence-corrected chi connectivity index (χ0v) is 20.1. The van der Waals surface area contributed by atoms with Crippen molar-refractivity contribution in [1.29, 1.82) is 0 Å². The molecule has 0 saturated carbocycles. The molecule has 2 heterocycles. The van der Waals surface area contributed by atoms with E-state index in [0.717, 1.165) is 0 Å². The zero-order valence-electron chi connectivity index (χ0n) is 20.1. The number of para-hydroxylation sites is 1. The highest BCUT2D eigenvalue weighted by atomic mass is 16.6. The summed E-state index contributed by atoms with van der Waals surface area (Å²) in [5.41, 5.74) is -0.172. The fourth-order valence-electron chi connectivity index (χ4n) is 3.96. The maximum atomic E-state index is 13.1. The lowest BCUT2D eigenvalue weighted by atomic mass is 9.92. The monoisotopic (exact) mass is 482 g/mol. The molecule has 1 aromatic carbocycles. The van der Waals surface area contributed by atoms with Crippen molar-refractivity contribution in [3.63, 3.8) is 0 Å². The van der Waals surface area contributed by atoms with Crippen LogP contribution in [-0.4, -0.2) is 48.2 Å². The second-order valence-corrected chi connectivity index (χ2v) is 8.18. The Bertz CT molecular complexity index is 1060. The van der Waals surface area contributed by atoms with Gasteiger partial charge in [0.15, 0.2) is 11.4 Å². The lowest BCUT2D eigenvalue weighted by Crippen LogP contribution is -2.45. The van der Waals surface area contributed by atoms with Crippen LogP contribution in [0.4, 0.5) is 0 Å². The number of hydrogen-bond donors (Lipinski definition) is 1. The van der Waals surface area contributed by atoms with Crippen molar-refractivity contribution in [2.24, 2.45) is 5.92 Å². The van der Waals surface area contributed by atoms with Gasteiger partial charge in [-0.1, -0.05) is 30.7 Å². The summed E-state index contributed by atoms with van der Waals surface area (Å²) in [5, 5.41) is 2.67. The first-order chi connectivity index (χ1) is 16.8. The topological polar surface area (TPSA) is 113 Å². The Morgan fingerprint density at radius 2 is 1.94 bits per heavy atom. The highest BCUT2D eigenvalue weighted by molar-refractivity contribution is 5.98. The van der Waals surface area contributed by atoms with E-state index < -0.39 is 36.1 Å². The Kier molecular flexibility index (Phi) is 8.83. The summed E-state index contributed by atoms with van der Waals surface area (Å²) < 4.78 is 22.2. The fraction of sp³-hybridized carbons (Fsp3) is 0.385. The van der Waals surface area contributed by atoms with Crippen molar-refractivity contribution < 1.29 is 33.3 Å². The van der Waals surface area contributed by atoms with Crippen LogP contribution >= 0.6 is 0 Å². The van der Waals surface area contributed by atoms with Gasteiger partial charge in [0.1, 0.15) is 24.0 Å². The number of esters is 2. The Morgan fingerprint density at radius 3 is 2.60 bits per heavy atom. The number of pyridine rings is 1. The molecular formula is C26H30N2O7. The highest BCUT2D eigenvalue weighted by Crippen LogP contribution is 2.30. The third-order valence-corrected chi connectivity index (χ3v) is 5.67. The average Bonchev–Trinajstić information content (AvgIpc) is 2.89. The summed E-state index contributed by atoms with van der Waals surface area (Å²) >= 11 is 0. The molecule has 1 amide bonds. The third-order valence-electron chi connectivity index (χ3n) is 5.67. The molecule has 0 bridgehead atoms. The Hall–Kier alpha value is -3.88. The van der Waals surface area contributed by atoms with E-state index in [2.05, 4.69) is 16.9 Å². The summed E-state index contributed by atoms with van der Waals surface area (Å²) in [7, 11) is 1.38. The predicted octanol–water partition coefficient (Wildman–Crippen LogP) is 3.48. The summed E-state index contributed by atoms with van der Waals surface area (Å²) in [6.07, 6.45) is 3.75. The Labute approximate surface area is 204 Å². The number of carbonyl (C=O) groups is 3. The Morgan fingerprint density at radius 1 is 1.20 bits per heavy atom. The van der Waals surface area contributed by atoms with Crippen molar-refractivity contribution >= 4 is 17.8 Å². The van der Waals surface area contributed by atoms with E-state index in [4.69, 9.17) is 18.9 Å². The number of methoxy groups -OCH3 is 1. The second-order valence-electron chi connectivity index (χ2n) is 8.18. The van der Waals surface area contributed by atoms with Gasteiger partial charge in [-0.3, -0.25) is 9.59 Å². The van der Waals surface area contributed by atoms with Crippen molar-refractivity contribution in [2.45, 2.75) is 51.4 Å². The van der Waals surface area contributed by atoms with E-state index in [1.54, 1.807) is 6.92 Å². The Balaban J connectivity index is 1.79. The van der Waals surface area contributed by atoms with Gasteiger partial charge in [0.25, 0.3) is 5.91 Å². The van der Waals surface area contributed by atoms with Crippen LogP contribution in [0.15, 0.2) is 55.3 Å². The largest absolute Gasteiger partial charge is 0.493 e. The van der Waals surface area contributed by atoms with Gasteiger partial charge in [0, 0.05) is 25.1 Å². The maximum Gasteiger partial charge on any atom is 0.329 e. The molecule has 1 aliphatic rings. The smallest absolute Gasteiger partial charge is 0.329 e. The van der Waals surface area contributed by atoms with Crippen LogP contribution in [0.3, 0.4) is 0 Å². The van der Waals surface area contributed by atoms with Gasteiger partial charge in [-0.2, -0.15) is 0 Å². The minimum Gasteiger partial charge on any atom is -0.493 e. The molecule has 9 heteroatoms. The van der Waals surface area contributed by atoms with Gasteiger partial charge in [-0.15, -0.1) is 6.58 Å². The van der Waals surface area contributed by atoms with Gasteiger partial charge in [-0.25, -0.2) is 9.78 Å². The molecule has 1 aromatic heterocycles. The first-order valence-electron chi connectivity index (χ1n) is 11.4. The van der Waals surface area contributed by atoms with Crippen molar-refractivity contribution in [3.05, 3.63) is 60.9 Å². The fourth-order valence-corrected chi connectivity index (χ4v) is 3.96. The zero-order chi connectivity index (χ0) is 25.4. The van der Waals surface area contributed by atoms with Gasteiger partial charge >= 0.3 is 11.9 Å². The number of hydrogen-bond acceptors (Lipinski definition) is 8. The molecule has 2 aromatic rings. The van der Waals surface area contributed by atoms with E-state index >= 15 is 0 Å². The second kappa shape index (κ2) is 12.0. The molecule has 4 atom stereocenters. The van der Waals surface area contributed by atoms with E-state index in [-0.39, 0.29) is 23.1 Å². The summed E-state index contributed by atoms with van der Waals surface area (Å²) in [4.78, 5) is 41.7. The molecule has 0 unspecified atom stereocenters. The molecular weight excluding hydrogens is 452 g/mol. The molecule has 0 aliphatic carbocycles. The molecule has 1 N–H and O–H groups in total. The number of amides is 1. The minimum absolute atomic E-state index is 0.0666. The SMILES string of the molecule is C=C[C@H]1CCC[C@H](NC(=O)c2nccc(OC)c2OC(C)=O)C(=O)O[C@@H](C)[C@@H]1Oc1ccccc1. The lowest BCUT2D eigenvalue weighted by Gasteiger charge is -2.30. The van der Waals surface area contributed by atoms with E-state index in [1.165, 1.54) is 26.3 Å². The van der Waals surface area contributed by atoms with Crippen molar-refractivity contribution in [2.75, 3.05) is 7.11 Å². The first kappa shape index (κ1) is 25.7. The van der Waals surface area contributed by atoms with Crippen LogP contribution < -0.4 is 19.5 Å². The normalized spacial score (nSPS) is 22.4. The molecule has 0 radical (unpaired) electrons. The minimum atomic E-state index is -0.927. The van der Waals surface area contributed by atoms with E-state index in [9.17, 15) is 14.4 Å². The summed E-state index contributed by atoms with van der Waals surface area (Å²) in [6.45, 7) is 6.90. The number of benzene rings is 1. The number of rotatable bonds is 7. The van der Waals surface area contributed by atoms with Gasteiger partial charge in [0.2, 0.25) is 5.75 Å². The number of ether oxygens (including phenoxy) is 4. The van der Waals surface area contributed by atoms with Gasteiger partial charge in [0.05, 0.1) is 7.11 Å². The molecule has 9 nitrogen and oxygen atoms in total. The molecule has 0 spiro atoms. The van der Waals surface area contributed by atoms with E-state index in [1.807, 2.05) is 36.4 Å². The van der Waals surface area contributed by atoms with Crippen LogP contribution in [0.2, 0.25) is 0 Å². The van der Waals surface area contributed by atoms with Gasteiger partial charge < -0.3 is 24.3 Å². The van der Waals surface area contributed by atoms with Crippen LogP contribution in [0.5, 0.6) is 17.2 Å². The summed E-state index contributed by atoms with van der Waals surface area (Å²) in [6, 6.07) is 9.84. The molecule has 1 fully saturated rings. The standard InChI is InChI=1S/C26H30N2O7/c1-5-18-10-9-13-20(26(31)33-16(2)23(18)35-19-11-7-6-8-12-19)28-25(30)22-24(34-17(3)29)21(32-4)14-15-27-22/h5-8,11-12,14-16,18,20,23H,1,9-10,13H2,2-4H3,(H,28,30)/t16-,18-,20-,23-/m0/s1. The number of nitrogens with one attached hydrogen (secondary N) is 1. The first-order valence-corrected chi connectivity index (χ1v) is 11.4. The third kappa shape index (κ3) is 6.59. The van der Waals surface area contributed by atoms with Crippen molar-refractivity contribution in [1.82, 2.24) is 10.3 Å². The molecule has 1 saturated heterocycles. The molecule has 35 heavy (non-hydrogen) atoms. The predicted molar refractivity (Wildman–Crippen MR) is 127 cm³/mol. The summed E-state index contributed by atoms with van der Waals surface area (Å²) in [5.74, 6) is -1.27. The maximum absolute atomic E-state index is 13.1. The molecule has 1 aliphatic heterocycles. The van der Waals surface area contributed by atoms with Crippen LogP contribution in [0, 0.1) is 5.92 Å².